The number of anilines is 1. The fourth-order valence-electron chi connectivity index (χ4n) is 2.37. The number of hydrogen-bond donors (Lipinski definition) is 1. The summed E-state index contributed by atoms with van der Waals surface area (Å²) < 4.78 is 7.09. The van der Waals surface area contributed by atoms with E-state index in [0.29, 0.717) is 32.1 Å². The van der Waals surface area contributed by atoms with Crippen LogP contribution in [0.1, 0.15) is 13.8 Å². The van der Waals surface area contributed by atoms with Crippen LogP contribution in [0.3, 0.4) is 0 Å². The van der Waals surface area contributed by atoms with Gasteiger partial charge in [0.05, 0.1) is 17.5 Å². The molecule has 1 aliphatic heterocycles. The number of carbonyl (C=O) groups excluding carboxylic acids is 1. The van der Waals surface area contributed by atoms with Crippen LogP contribution < -0.4 is 10.2 Å². The van der Waals surface area contributed by atoms with Crippen LogP contribution in [-0.4, -0.2) is 72.5 Å². The number of carbonyl (C=O) groups is 1. The van der Waals surface area contributed by atoms with Gasteiger partial charge >= 0.3 is 0 Å². The van der Waals surface area contributed by atoms with Gasteiger partial charge in [0.25, 0.3) is 0 Å². The number of aliphatic imine (C=N–C) groups is 1. The Morgan fingerprint density at radius 3 is 2.67 bits per heavy atom. The standard InChI is InChI=1S/C15H26N6O2.HI/c1-15(2,23-5)11-17-14(16-3)20-6-7-21(13(22)10-20)12-8-18-19(4)9-12;/h8-9H,6-7,10-11H2,1-5H3,(H,16,17);1H. The predicted molar refractivity (Wildman–Crippen MR) is 105 cm³/mol. The molecule has 1 aromatic rings. The van der Waals surface area contributed by atoms with E-state index in [1.165, 1.54) is 0 Å². The smallest absolute Gasteiger partial charge is 0.246 e. The minimum atomic E-state index is -0.294. The number of amides is 1. The molecular weight excluding hydrogens is 423 g/mol. The topological polar surface area (TPSA) is 75.0 Å². The Morgan fingerprint density at radius 2 is 2.17 bits per heavy atom. The second kappa shape index (κ2) is 8.65. The van der Waals surface area contributed by atoms with E-state index in [9.17, 15) is 4.79 Å². The Bertz CT molecular complexity index is 586. The van der Waals surface area contributed by atoms with Gasteiger partial charge in [-0.1, -0.05) is 0 Å². The van der Waals surface area contributed by atoms with Crippen LogP contribution in [0.5, 0.6) is 0 Å². The average Bonchev–Trinajstić information content (AvgIpc) is 2.94. The van der Waals surface area contributed by atoms with Crippen molar-refractivity contribution in [2.75, 3.05) is 45.2 Å². The number of hydrogen-bond acceptors (Lipinski definition) is 4. The maximum absolute atomic E-state index is 12.4. The number of aryl methyl sites for hydroxylation is 1. The number of rotatable bonds is 4. The van der Waals surface area contributed by atoms with Gasteiger partial charge in [-0.05, 0) is 13.8 Å². The second-order valence-electron chi connectivity index (χ2n) is 6.20. The number of guanidine groups is 1. The van der Waals surface area contributed by atoms with Gasteiger partial charge in [-0.15, -0.1) is 24.0 Å². The van der Waals surface area contributed by atoms with Crippen LogP contribution in [0.15, 0.2) is 17.4 Å². The first-order chi connectivity index (χ1) is 10.9. The Labute approximate surface area is 160 Å². The molecule has 0 spiro atoms. The van der Waals surface area contributed by atoms with Crippen LogP contribution >= 0.6 is 24.0 Å². The molecule has 136 valence electrons. The lowest BCUT2D eigenvalue weighted by Crippen LogP contribution is -2.56. The summed E-state index contributed by atoms with van der Waals surface area (Å²) in [6.07, 6.45) is 3.56. The van der Waals surface area contributed by atoms with Gasteiger partial charge in [-0.2, -0.15) is 5.10 Å². The molecule has 0 bridgehead atoms. The highest BCUT2D eigenvalue weighted by Gasteiger charge is 2.28. The molecule has 24 heavy (non-hydrogen) atoms. The van der Waals surface area contributed by atoms with E-state index in [4.69, 9.17) is 4.74 Å². The Hall–Kier alpha value is -1.36. The molecular formula is C15H27IN6O2. The number of piperazine rings is 1. The number of nitrogens with zero attached hydrogens (tertiary/aromatic N) is 5. The summed E-state index contributed by atoms with van der Waals surface area (Å²) in [5.74, 6) is 0.757. The summed E-state index contributed by atoms with van der Waals surface area (Å²) in [5, 5.41) is 7.39. The van der Waals surface area contributed by atoms with Crippen LogP contribution in [0, 0.1) is 0 Å². The first-order valence-electron chi connectivity index (χ1n) is 7.66. The van der Waals surface area contributed by atoms with Gasteiger partial charge < -0.3 is 19.9 Å². The van der Waals surface area contributed by atoms with Crippen LogP contribution in [0.2, 0.25) is 0 Å². The molecule has 0 atom stereocenters. The Morgan fingerprint density at radius 1 is 1.46 bits per heavy atom. The van der Waals surface area contributed by atoms with Crippen LogP contribution in [0.4, 0.5) is 5.69 Å². The predicted octanol–water partition coefficient (Wildman–Crippen LogP) is 0.687. The number of halogens is 1. The lowest BCUT2D eigenvalue weighted by Gasteiger charge is -2.36. The van der Waals surface area contributed by atoms with Crippen molar-refractivity contribution in [1.82, 2.24) is 20.0 Å². The number of aromatic nitrogens is 2. The fraction of sp³-hybridized carbons (Fsp3) is 0.667. The average molecular weight is 450 g/mol. The lowest BCUT2D eigenvalue weighted by molar-refractivity contribution is -0.120. The molecule has 0 aromatic carbocycles. The molecule has 1 N–H and O–H groups in total. The molecule has 0 radical (unpaired) electrons. The molecule has 1 aliphatic rings. The van der Waals surface area contributed by atoms with E-state index in [2.05, 4.69) is 15.4 Å². The van der Waals surface area contributed by atoms with Crippen LogP contribution in [-0.2, 0) is 16.6 Å². The minimum absolute atomic E-state index is 0. The third-order valence-electron chi connectivity index (χ3n) is 3.96. The molecule has 1 amide bonds. The largest absolute Gasteiger partial charge is 0.377 e. The van der Waals surface area contributed by atoms with Gasteiger partial charge in [-0.25, -0.2) is 0 Å². The summed E-state index contributed by atoms with van der Waals surface area (Å²) in [6, 6.07) is 0. The first kappa shape index (κ1) is 20.7. The highest BCUT2D eigenvalue weighted by molar-refractivity contribution is 14.0. The number of methoxy groups -OCH3 is 1. The van der Waals surface area contributed by atoms with Crippen molar-refractivity contribution in [1.29, 1.82) is 0 Å². The zero-order chi connectivity index (χ0) is 17.0. The quantitative estimate of drug-likeness (QED) is 0.415. The summed E-state index contributed by atoms with van der Waals surface area (Å²) >= 11 is 0. The molecule has 2 rings (SSSR count). The highest BCUT2D eigenvalue weighted by Crippen LogP contribution is 2.16. The molecule has 0 saturated carbocycles. The normalized spacial score (nSPS) is 16.2. The summed E-state index contributed by atoms with van der Waals surface area (Å²) in [6.45, 7) is 6.24. The minimum Gasteiger partial charge on any atom is -0.377 e. The van der Waals surface area contributed by atoms with E-state index >= 15 is 0 Å². The zero-order valence-corrected chi connectivity index (χ0v) is 17.3. The SMILES string of the molecule is CN=C(NCC(C)(C)OC)N1CCN(c2cnn(C)c2)C(=O)C1.I. The van der Waals surface area contributed by atoms with Crippen molar-refractivity contribution in [3.63, 3.8) is 0 Å². The summed E-state index contributed by atoms with van der Waals surface area (Å²) in [4.78, 5) is 20.4. The van der Waals surface area contributed by atoms with Gasteiger partial charge in [0.1, 0.15) is 6.54 Å². The molecule has 1 aromatic heterocycles. The molecule has 2 heterocycles. The third-order valence-corrected chi connectivity index (χ3v) is 3.96. The van der Waals surface area contributed by atoms with E-state index in [1.54, 1.807) is 29.9 Å². The van der Waals surface area contributed by atoms with Crippen LogP contribution in [0.25, 0.3) is 0 Å². The molecule has 0 aliphatic carbocycles. The number of nitrogens with one attached hydrogen (secondary N) is 1. The Kier molecular flexibility index (Phi) is 7.46. The maximum Gasteiger partial charge on any atom is 0.246 e. The van der Waals surface area contributed by atoms with Crippen molar-refractivity contribution < 1.29 is 9.53 Å². The lowest BCUT2D eigenvalue weighted by atomic mass is 10.1. The van der Waals surface area contributed by atoms with Crippen molar-refractivity contribution in [2.24, 2.45) is 12.0 Å². The highest BCUT2D eigenvalue weighted by atomic mass is 127. The fourth-order valence-corrected chi connectivity index (χ4v) is 2.37. The molecule has 1 fully saturated rings. The summed E-state index contributed by atoms with van der Waals surface area (Å²) in [5.41, 5.74) is 0.540. The van der Waals surface area contributed by atoms with Crippen molar-refractivity contribution in [2.45, 2.75) is 19.4 Å². The maximum atomic E-state index is 12.4. The van der Waals surface area contributed by atoms with Crippen molar-refractivity contribution in [3.05, 3.63) is 12.4 Å². The van der Waals surface area contributed by atoms with Gasteiger partial charge in [-0.3, -0.25) is 14.5 Å². The van der Waals surface area contributed by atoms with E-state index < -0.39 is 0 Å². The third kappa shape index (κ3) is 5.07. The van der Waals surface area contributed by atoms with Gasteiger partial charge in [0.15, 0.2) is 5.96 Å². The van der Waals surface area contributed by atoms with Crippen molar-refractivity contribution in [3.8, 4) is 0 Å². The number of ether oxygens (including phenoxy) is 1. The Balaban J connectivity index is 0.00000288. The summed E-state index contributed by atoms with van der Waals surface area (Å²) in [7, 11) is 5.24. The molecule has 8 nitrogen and oxygen atoms in total. The van der Waals surface area contributed by atoms with E-state index in [0.717, 1.165) is 5.69 Å². The van der Waals surface area contributed by atoms with Crippen molar-refractivity contribution >= 4 is 41.5 Å². The van der Waals surface area contributed by atoms with E-state index in [-0.39, 0.29) is 35.5 Å². The van der Waals surface area contributed by atoms with Gasteiger partial charge in [0.2, 0.25) is 5.91 Å². The molecule has 0 unspecified atom stereocenters. The zero-order valence-electron chi connectivity index (χ0n) is 14.9. The van der Waals surface area contributed by atoms with Gasteiger partial charge in [0, 0.05) is 47.0 Å². The second-order valence-corrected chi connectivity index (χ2v) is 6.20. The van der Waals surface area contributed by atoms with E-state index in [1.807, 2.05) is 32.0 Å². The first-order valence-corrected chi connectivity index (χ1v) is 7.66. The monoisotopic (exact) mass is 450 g/mol. The molecule has 9 heteroatoms. The molecule has 1 saturated heterocycles.